The van der Waals surface area contributed by atoms with Gasteiger partial charge >= 0.3 is 0 Å². The fourth-order valence-electron chi connectivity index (χ4n) is 2.82. The quantitative estimate of drug-likeness (QED) is 0.107. The first-order valence-corrected chi connectivity index (χ1v) is 11.2. The number of hydrogen-bond donors (Lipinski definition) is 1. The second kappa shape index (κ2) is 10.7. The monoisotopic (exact) mass is 493 g/mol. The third kappa shape index (κ3) is 5.85. The molecule has 34 heavy (non-hydrogen) atoms. The summed E-state index contributed by atoms with van der Waals surface area (Å²) in [4.78, 5) is 22.8. The molecule has 170 valence electrons. The lowest BCUT2D eigenvalue weighted by Gasteiger charge is -2.05. The van der Waals surface area contributed by atoms with Crippen LogP contribution in [0, 0.1) is 10.1 Å². The van der Waals surface area contributed by atoms with E-state index in [0.29, 0.717) is 27.5 Å². The summed E-state index contributed by atoms with van der Waals surface area (Å²) in [5, 5.41) is 24.1. The minimum atomic E-state index is -0.474. The molecule has 3 aromatic carbocycles. The first kappa shape index (κ1) is 23.1. The van der Waals surface area contributed by atoms with Crippen molar-refractivity contribution in [1.82, 2.24) is 10.2 Å². The number of benzene rings is 3. The number of ketones is 1. The average molecular weight is 494 g/mol. The number of rotatable bonds is 9. The molecule has 4 aromatic rings. The molecule has 0 radical (unpaired) electrons. The van der Waals surface area contributed by atoms with Gasteiger partial charge in [0.15, 0.2) is 11.5 Å². The van der Waals surface area contributed by atoms with Gasteiger partial charge < -0.3 is 4.42 Å². The molecule has 0 atom stereocenters. The number of nitrogens with one attached hydrogen (secondary N) is 1. The van der Waals surface area contributed by atoms with Crippen molar-refractivity contribution in [3.8, 4) is 0 Å². The van der Waals surface area contributed by atoms with Gasteiger partial charge in [0, 0.05) is 28.3 Å². The van der Waals surface area contributed by atoms with Crippen molar-refractivity contribution in [2.45, 2.75) is 5.22 Å². The van der Waals surface area contributed by atoms with E-state index in [9.17, 15) is 14.9 Å². The lowest BCUT2D eigenvalue weighted by molar-refractivity contribution is -0.384. The molecule has 1 heterocycles. The van der Waals surface area contributed by atoms with Crippen LogP contribution in [0.3, 0.4) is 0 Å². The van der Waals surface area contributed by atoms with Gasteiger partial charge in [-0.1, -0.05) is 53.7 Å². The van der Waals surface area contributed by atoms with Gasteiger partial charge in [0.25, 0.3) is 16.8 Å². The average Bonchev–Trinajstić information content (AvgIpc) is 3.33. The number of carbonyl (C=O) groups is 1. The topological polar surface area (TPSA) is 124 Å². The number of nitro benzene ring substituents is 1. The molecule has 0 spiro atoms. The van der Waals surface area contributed by atoms with E-state index in [1.165, 1.54) is 12.1 Å². The predicted molar refractivity (Wildman–Crippen MR) is 130 cm³/mol. The van der Waals surface area contributed by atoms with Crippen LogP contribution in [0.1, 0.15) is 21.8 Å². The van der Waals surface area contributed by atoms with Gasteiger partial charge in [0.1, 0.15) is 0 Å². The summed E-state index contributed by atoms with van der Waals surface area (Å²) in [7, 11) is 0. The number of nitro groups is 1. The summed E-state index contributed by atoms with van der Waals surface area (Å²) in [6.45, 7) is 0. The highest BCUT2D eigenvalue weighted by Gasteiger charge is 2.17. The smallest absolute Gasteiger partial charge is 0.277 e. The predicted octanol–water partition coefficient (Wildman–Crippen LogP) is 5.47. The van der Waals surface area contributed by atoms with Crippen molar-refractivity contribution in [2.75, 3.05) is 11.2 Å². The summed E-state index contributed by atoms with van der Waals surface area (Å²) in [5.41, 5.74) is 5.01. The number of anilines is 1. The van der Waals surface area contributed by atoms with Crippen LogP contribution in [-0.4, -0.2) is 32.4 Å². The number of aromatic nitrogens is 2. The molecule has 4 rings (SSSR count). The maximum atomic E-state index is 12.4. The molecule has 11 heteroatoms. The zero-order chi connectivity index (χ0) is 23.9. The van der Waals surface area contributed by atoms with Gasteiger partial charge in [-0.3, -0.25) is 20.3 Å². The third-order valence-electron chi connectivity index (χ3n) is 4.52. The molecule has 0 bridgehead atoms. The van der Waals surface area contributed by atoms with Crippen LogP contribution in [0.2, 0.25) is 5.02 Å². The molecule has 0 saturated carbocycles. The van der Waals surface area contributed by atoms with Gasteiger partial charge in [-0.15, -0.1) is 10.2 Å². The molecule has 0 fully saturated rings. The molecule has 1 N–H and O–H groups in total. The van der Waals surface area contributed by atoms with Crippen LogP contribution in [0.4, 0.5) is 11.4 Å². The van der Waals surface area contributed by atoms with E-state index in [0.717, 1.165) is 11.8 Å². The van der Waals surface area contributed by atoms with E-state index < -0.39 is 4.92 Å². The molecule has 0 aliphatic rings. The van der Waals surface area contributed by atoms with Crippen LogP contribution in [0.15, 0.2) is 93.6 Å². The standard InChI is InChI=1S/C23H16ClN5O4S/c24-17-8-6-15(7-9-17)20(30)14-34-23-28-27-22(33-23)21(16-4-2-1-3-5-16)26-25-18-10-12-19(13-11-18)29(31)32/h1-13,25H,14H2/b26-21+. The third-order valence-corrected chi connectivity index (χ3v) is 5.59. The Hall–Kier alpha value is -4.02. The van der Waals surface area contributed by atoms with Crippen molar-refractivity contribution >= 4 is 46.2 Å². The van der Waals surface area contributed by atoms with E-state index in [4.69, 9.17) is 16.0 Å². The second-order valence-electron chi connectivity index (χ2n) is 6.83. The normalized spacial score (nSPS) is 11.3. The summed E-state index contributed by atoms with van der Waals surface area (Å²) < 4.78 is 5.75. The zero-order valence-corrected chi connectivity index (χ0v) is 19.0. The second-order valence-corrected chi connectivity index (χ2v) is 8.20. The largest absolute Gasteiger partial charge is 0.409 e. The van der Waals surface area contributed by atoms with Crippen molar-refractivity contribution in [3.05, 3.63) is 111 Å². The van der Waals surface area contributed by atoms with E-state index >= 15 is 0 Å². The molecular weight excluding hydrogens is 478 g/mol. The number of halogens is 1. The van der Waals surface area contributed by atoms with E-state index in [1.54, 1.807) is 36.4 Å². The molecule has 1 aromatic heterocycles. The van der Waals surface area contributed by atoms with E-state index in [-0.39, 0.29) is 28.3 Å². The first-order chi connectivity index (χ1) is 16.5. The van der Waals surface area contributed by atoms with E-state index in [2.05, 4.69) is 20.7 Å². The van der Waals surface area contributed by atoms with Crippen molar-refractivity contribution in [1.29, 1.82) is 0 Å². The highest BCUT2D eigenvalue weighted by atomic mass is 35.5. The SMILES string of the molecule is O=C(CSc1nnc(/C(=N/Nc2ccc([N+](=O)[O-])cc2)c2ccccc2)o1)c1ccc(Cl)cc1. The maximum absolute atomic E-state index is 12.4. The van der Waals surface area contributed by atoms with E-state index in [1.807, 2.05) is 30.3 Å². The lowest BCUT2D eigenvalue weighted by Crippen LogP contribution is -2.07. The summed E-state index contributed by atoms with van der Waals surface area (Å²) >= 11 is 6.98. The fourth-order valence-corrected chi connectivity index (χ4v) is 3.60. The molecule has 0 saturated heterocycles. The number of carbonyl (C=O) groups excluding carboxylic acids is 1. The summed E-state index contributed by atoms with van der Waals surface area (Å²) in [6, 6.07) is 21.7. The maximum Gasteiger partial charge on any atom is 0.277 e. The Balaban J connectivity index is 1.51. The molecule has 0 amide bonds. The molecular formula is C23H16ClN5O4S. The van der Waals surface area contributed by atoms with Gasteiger partial charge in [-0.05, 0) is 36.4 Å². The molecule has 0 aliphatic heterocycles. The highest BCUT2D eigenvalue weighted by molar-refractivity contribution is 7.99. The summed E-state index contributed by atoms with van der Waals surface area (Å²) in [5.74, 6) is 0.169. The number of non-ortho nitro benzene ring substituents is 1. The first-order valence-electron chi connectivity index (χ1n) is 9.88. The number of nitrogens with zero attached hydrogens (tertiary/aromatic N) is 4. The number of thioether (sulfide) groups is 1. The van der Waals surface area contributed by atoms with Crippen LogP contribution in [0.5, 0.6) is 0 Å². The summed E-state index contributed by atoms with van der Waals surface area (Å²) in [6.07, 6.45) is 0. The van der Waals surface area contributed by atoms with Crippen LogP contribution in [-0.2, 0) is 0 Å². The Morgan fingerprint density at radius 3 is 2.38 bits per heavy atom. The Bertz CT molecular complexity index is 1330. The van der Waals surface area contributed by atoms with Gasteiger partial charge in [0.05, 0.1) is 16.4 Å². The number of Topliss-reactive ketones (excluding diaryl/α,β-unsaturated/α-hetero) is 1. The fraction of sp³-hybridized carbons (Fsp3) is 0.0435. The Morgan fingerprint density at radius 2 is 1.71 bits per heavy atom. The minimum Gasteiger partial charge on any atom is -0.409 e. The Morgan fingerprint density at radius 1 is 1.00 bits per heavy atom. The number of hydrogen-bond acceptors (Lipinski definition) is 9. The van der Waals surface area contributed by atoms with Crippen LogP contribution >= 0.6 is 23.4 Å². The zero-order valence-electron chi connectivity index (χ0n) is 17.4. The molecule has 0 unspecified atom stereocenters. The Kier molecular flexibility index (Phi) is 7.31. The van der Waals surface area contributed by atoms with Crippen molar-refractivity contribution in [2.24, 2.45) is 5.10 Å². The minimum absolute atomic E-state index is 0.0236. The van der Waals surface area contributed by atoms with Crippen molar-refractivity contribution in [3.63, 3.8) is 0 Å². The van der Waals surface area contributed by atoms with Crippen molar-refractivity contribution < 1.29 is 14.1 Å². The van der Waals surface area contributed by atoms with Gasteiger partial charge in [-0.25, -0.2) is 0 Å². The lowest BCUT2D eigenvalue weighted by atomic mass is 10.1. The number of hydrazone groups is 1. The van der Waals surface area contributed by atoms with Crippen LogP contribution in [0.25, 0.3) is 0 Å². The van der Waals surface area contributed by atoms with Gasteiger partial charge in [0.2, 0.25) is 0 Å². The van der Waals surface area contributed by atoms with Crippen LogP contribution < -0.4 is 5.43 Å². The molecule has 0 aliphatic carbocycles. The Labute approximate surface area is 203 Å². The van der Waals surface area contributed by atoms with Gasteiger partial charge in [-0.2, -0.15) is 5.10 Å². The molecule has 9 nitrogen and oxygen atoms in total. The highest BCUT2D eigenvalue weighted by Crippen LogP contribution is 2.21.